The molecule has 0 radical (unpaired) electrons. The number of hydrogen-bond acceptors (Lipinski definition) is 5. The maximum atomic E-state index is 13.5. The lowest BCUT2D eigenvalue weighted by Crippen LogP contribution is -2.31. The molecule has 0 unspecified atom stereocenters. The summed E-state index contributed by atoms with van der Waals surface area (Å²) in [6.07, 6.45) is 3.41. The predicted octanol–water partition coefficient (Wildman–Crippen LogP) is 7.37. The Hall–Kier alpha value is -3.22. The van der Waals surface area contributed by atoms with E-state index in [-0.39, 0.29) is 12.0 Å². The van der Waals surface area contributed by atoms with Gasteiger partial charge in [0.25, 0.3) is 5.91 Å². The summed E-state index contributed by atoms with van der Waals surface area (Å²) in [5.74, 6) is 0.960. The number of carbonyl (C=O) groups excluding carboxylic acids is 1. The molecule has 0 bridgehead atoms. The van der Waals surface area contributed by atoms with E-state index >= 15 is 0 Å². The number of rotatable bonds is 9. The number of methoxy groups -OCH3 is 1. The Balaban J connectivity index is 1.65. The van der Waals surface area contributed by atoms with Crippen molar-refractivity contribution in [2.45, 2.75) is 32.8 Å². The fraction of sp³-hybridized carbons (Fsp3) is 0.241. The highest BCUT2D eigenvalue weighted by Gasteiger charge is 2.33. The van der Waals surface area contributed by atoms with Crippen LogP contribution in [0, 0.1) is 0 Å². The van der Waals surface area contributed by atoms with Crippen molar-refractivity contribution in [3.8, 4) is 11.5 Å². The maximum absolute atomic E-state index is 13.5. The van der Waals surface area contributed by atoms with Crippen LogP contribution in [0.25, 0.3) is 6.08 Å². The third-order valence-corrected chi connectivity index (χ3v) is 7.07. The van der Waals surface area contributed by atoms with E-state index in [1.54, 1.807) is 18.1 Å². The second kappa shape index (κ2) is 12.2. The minimum absolute atomic E-state index is 0.00231. The van der Waals surface area contributed by atoms with Gasteiger partial charge < -0.3 is 9.47 Å². The number of aliphatic imine (C=N–C) groups is 1. The maximum Gasteiger partial charge on any atom is 0.266 e. The first-order chi connectivity index (χ1) is 17.5. The zero-order chi connectivity index (χ0) is 25.5. The molecule has 1 aliphatic heterocycles. The highest BCUT2D eigenvalue weighted by atomic mass is 35.5. The fourth-order valence-corrected chi connectivity index (χ4v) is 4.95. The van der Waals surface area contributed by atoms with Crippen LogP contribution in [0.2, 0.25) is 5.02 Å². The number of amides is 1. The van der Waals surface area contributed by atoms with Crippen LogP contribution in [-0.2, 0) is 11.2 Å². The summed E-state index contributed by atoms with van der Waals surface area (Å²) in [6.45, 7) is 4.56. The van der Waals surface area contributed by atoms with Crippen LogP contribution in [0.3, 0.4) is 0 Å². The zero-order valence-corrected chi connectivity index (χ0v) is 22.2. The Bertz CT molecular complexity index is 1260. The molecule has 3 aromatic rings. The first kappa shape index (κ1) is 25.9. The highest BCUT2D eigenvalue weighted by molar-refractivity contribution is 8.18. The normalized spacial score (nSPS) is 16.6. The average molecular weight is 521 g/mol. The molecule has 0 N–H and O–H groups in total. The van der Waals surface area contributed by atoms with Gasteiger partial charge in [0.1, 0.15) is 0 Å². The summed E-state index contributed by atoms with van der Waals surface area (Å²) in [5.41, 5.74) is 2.73. The van der Waals surface area contributed by atoms with E-state index in [1.165, 1.54) is 17.3 Å². The lowest BCUT2D eigenvalue weighted by atomic mass is 10.1. The molecule has 0 aromatic heterocycles. The number of carbonyl (C=O) groups is 1. The molecule has 1 fully saturated rings. The molecule has 36 heavy (non-hydrogen) atoms. The molecule has 1 heterocycles. The van der Waals surface area contributed by atoms with Crippen molar-refractivity contribution in [1.29, 1.82) is 0 Å². The molecule has 3 aromatic carbocycles. The van der Waals surface area contributed by atoms with Gasteiger partial charge in [-0.05, 0) is 73.0 Å². The van der Waals surface area contributed by atoms with E-state index in [0.717, 1.165) is 24.1 Å². The molecule has 186 valence electrons. The Labute approximate surface area is 221 Å². The van der Waals surface area contributed by atoms with E-state index in [2.05, 4.69) is 12.1 Å². The van der Waals surface area contributed by atoms with Crippen LogP contribution in [0.1, 0.15) is 31.4 Å². The lowest BCUT2D eigenvalue weighted by Gasteiger charge is -2.17. The van der Waals surface area contributed by atoms with E-state index in [9.17, 15) is 4.79 Å². The SMILES string of the molecule is CC[C@@H](C)Oc1c(Cl)cc(/C=C2\SC(=Nc3ccccc3)N(CCc3ccccc3)C2=O)cc1OC. The number of halogens is 1. The van der Waals surface area contributed by atoms with Gasteiger partial charge in [0.05, 0.1) is 28.8 Å². The number of hydrogen-bond donors (Lipinski definition) is 0. The van der Waals surface area contributed by atoms with E-state index in [0.29, 0.717) is 33.1 Å². The summed E-state index contributed by atoms with van der Waals surface area (Å²) >= 11 is 7.92. The number of para-hydroxylation sites is 1. The van der Waals surface area contributed by atoms with Crippen LogP contribution in [0.4, 0.5) is 5.69 Å². The topological polar surface area (TPSA) is 51.1 Å². The van der Waals surface area contributed by atoms with Gasteiger partial charge in [-0.1, -0.05) is 67.1 Å². The van der Waals surface area contributed by atoms with Gasteiger partial charge in [0, 0.05) is 6.54 Å². The summed E-state index contributed by atoms with van der Waals surface area (Å²) in [5, 5.41) is 1.10. The summed E-state index contributed by atoms with van der Waals surface area (Å²) in [6, 6.07) is 23.4. The quantitative estimate of drug-likeness (QED) is 0.276. The van der Waals surface area contributed by atoms with Crippen LogP contribution < -0.4 is 9.47 Å². The highest BCUT2D eigenvalue weighted by Crippen LogP contribution is 2.40. The molecule has 1 aliphatic rings. The molecule has 0 aliphatic carbocycles. The molecular weight excluding hydrogens is 492 g/mol. The van der Waals surface area contributed by atoms with Gasteiger partial charge in [-0.2, -0.15) is 0 Å². The molecule has 7 heteroatoms. The number of thioether (sulfide) groups is 1. The van der Waals surface area contributed by atoms with Crippen molar-refractivity contribution in [3.63, 3.8) is 0 Å². The number of nitrogens with zero attached hydrogens (tertiary/aromatic N) is 2. The molecule has 1 amide bonds. The smallest absolute Gasteiger partial charge is 0.266 e. The Morgan fingerprint density at radius 1 is 1.08 bits per heavy atom. The van der Waals surface area contributed by atoms with E-state index in [1.807, 2.05) is 74.5 Å². The second-order valence-electron chi connectivity index (χ2n) is 8.40. The van der Waals surface area contributed by atoms with Crippen LogP contribution in [0.5, 0.6) is 11.5 Å². The van der Waals surface area contributed by atoms with Crippen LogP contribution in [-0.4, -0.2) is 35.7 Å². The standard InChI is InChI=1S/C29H29ClN2O3S/c1-4-20(2)35-27-24(30)17-22(18-25(27)34-3)19-26-28(33)32(16-15-21-11-7-5-8-12-21)29(36-26)31-23-13-9-6-10-14-23/h5-14,17-20H,4,15-16H2,1-3H3/b26-19-,31-29?/t20-/m1/s1. The van der Waals surface area contributed by atoms with Gasteiger partial charge in [0.15, 0.2) is 16.7 Å². The molecular formula is C29H29ClN2O3S. The zero-order valence-electron chi connectivity index (χ0n) is 20.6. The van der Waals surface area contributed by atoms with E-state index in [4.69, 9.17) is 26.1 Å². The first-order valence-corrected chi connectivity index (χ1v) is 13.1. The van der Waals surface area contributed by atoms with E-state index < -0.39 is 0 Å². The number of amidine groups is 1. The number of ether oxygens (including phenoxy) is 2. The van der Waals surface area contributed by atoms with Crippen LogP contribution >= 0.6 is 23.4 Å². The molecule has 1 saturated heterocycles. The summed E-state index contributed by atoms with van der Waals surface area (Å²) in [4.78, 5) is 20.6. The molecule has 5 nitrogen and oxygen atoms in total. The summed E-state index contributed by atoms with van der Waals surface area (Å²) in [7, 11) is 1.58. The third-order valence-electron chi connectivity index (χ3n) is 5.78. The van der Waals surface area contributed by atoms with Crippen molar-refractivity contribution in [1.82, 2.24) is 4.90 Å². The lowest BCUT2D eigenvalue weighted by molar-refractivity contribution is -0.122. The minimum Gasteiger partial charge on any atom is -0.493 e. The average Bonchev–Trinajstić information content (AvgIpc) is 3.18. The van der Waals surface area contributed by atoms with Crippen molar-refractivity contribution in [3.05, 3.63) is 93.9 Å². The predicted molar refractivity (Wildman–Crippen MR) is 149 cm³/mol. The van der Waals surface area contributed by atoms with Crippen LogP contribution in [0.15, 0.2) is 82.7 Å². The van der Waals surface area contributed by atoms with Crippen molar-refractivity contribution >= 4 is 46.2 Å². The fourth-order valence-electron chi connectivity index (χ4n) is 3.66. The molecule has 4 rings (SSSR count). The monoisotopic (exact) mass is 520 g/mol. The van der Waals surface area contributed by atoms with Crippen molar-refractivity contribution < 1.29 is 14.3 Å². The Morgan fingerprint density at radius 2 is 1.78 bits per heavy atom. The summed E-state index contributed by atoms with van der Waals surface area (Å²) < 4.78 is 11.5. The van der Waals surface area contributed by atoms with Crippen molar-refractivity contribution in [2.24, 2.45) is 4.99 Å². The Morgan fingerprint density at radius 3 is 2.44 bits per heavy atom. The van der Waals surface area contributed by atoms with Gasteiger partial charge in [-0.15, -0.1) is 0 Å². The molecule has 0 saturated carbocycles. The first-order valence-electron chi connectivity index (χ1n) is 11.9. The Kier molecular flexibility index (Phi) is 8.73. The van der Waals surface area contributed by atoms with Gasteiger partial charge in [0.2, 0.25) is 0 Å². The third kappa shape index (κ3) is 6.31. The minimum atomic E-state index is -0.0827. The van der Waals surface area contributed by atoms with Crippen molar-refractivity contribution in [2.75, 3.05) is 13.7 Å². The van der Waals surface area contributed by atoms with Gasteiger partial charge in [-0.25, -0.2) is 4.99 Å². The van der Waals surface area contributed by atoms with Gasteiger partial charge >= 0.3 is 0 Å². The molecule has 0 spiro atoms. The van der Waals surface area contributed by atoms with Gasteiger partial charge in [-0.3, -0.25) is 9.69 Å². The second-order valence-corrected chi connectivity index (χ2v) is 9.82. The number of benzene rings is 3. The largest absolute Gasteiger partial charge is 0.493 e. The molecule has 1 atom stereocenters.